The summed E-state index contributed by atoms with van der Waals surface area (Å²) in [5, 5.41) is 3.16. The van der Waals surface area contributed by atoms with Crippen LogP contribution < -0.4 is 10.0 Å². The van der Waals surface area contributed by atoms with Crippen molar-refractivity contribution >= 4 is 39.0 Å². The Bertz CT molecular complexity index is 925. The van der Waals surface area contributed by atoms with Crippen LogP contribution in [0.4, 0.5) is 16.2 Å². The first kappa shape index (κ1) is 18.5. The highest BCUT2D eigenvalue weighted by molar-refractivity contribution is 7.92. The highest BCUT2D eigenvalue weighted by Gasteiger charge is 2.22. The first-order chi connectivity index (χ1) is 12.4. The quantitative estimate of drug-likeness (QED) is 0.821. The van der Waals surface area contributed by atoms with Gasteiger partial charge in [-0.3, -0.25) is 4.72 Å². The molecule has 2 N–H and O–H groups in total. The Balaban J connectivity index is 1.86. The lowest BCUT2D eigenvalue weighted by Gasteiger charge is -2.19. The summed E-state index contributed by atoms with van der Waals surface area (Å²) < 4.78 is 28.1. The topological polar surface area (TPSA) is 78.5 Å². The van der Waals surface area contributed by atoms with Crippen LogP contribution in [0, 0.1) is 6.92 Å². The summed E-state index contributed by atoms with van der Waals surface area (Å²) in [6.07, 6.45) is 1.96. The molecule has 26 heavy (non-hydrogen) atoms. The summed E-state index contributed by atoms with van der Waals surface area (Å²) in [5.41, 5.74) is 1.19. The number of carbonyl (C=O) groups is 1. The molecule has 6 nitrogen and oxygen atoms in total. The molecular formula is C18H20ClN3O3S. The van der Waals surface area contributed by atoms with Crippen LogP contribution in [0.3, 0.4) is 0 Å². The lowest BCUT2D eigenvalue weighted by atomic mass is 10.2. The predicted octanol–water partition coefficient (Wildman–Crippen LogP) is 4.08. The average Bonchev–Trinajstić information content (AvgIpc) is 3.13. The van der Waals surface area contributed by atoms with E-state index in [1.54, 1.807) is 48.2 Å². The Morgan fingerprint density at radius 2 is 1.69 bits per heavy atom. The van der Waals surface area contributed by atoms with Crippen LogP contribution in [0.2, 0.25) is 5.02 Å². The number of nitrogens with zero attached hydrogens (tertiary/aromatic N) is 1. The van der Waals surface area contributed by atoms with Crippen LogP contribution in [0.1, 0.15) is 18.4 Å². The zero-order valence-electron chi connectivity index (χ0n) is 14.3. The average molecular weight is 394 g/mol. The van der Waals surface area contributed by atoms with Gasteiger partial charge in [-0.15, -0.1) is 0 Å². The SMILES string of the molecule is Cc1c(Cl)cccc1S(=O)(=O)Nc1ccccc1NC(=O)N1CCCC1. The summed E-state index contributed by atoms with van der Waals surface area (Å²) in [4.78, 5) is 14.1. The molecule has 1 aliphatic heterocycles. The van der Waals surface area contributed by atoms with Gasteiger partial charge in [0.2, 0.25) is 0 Å². The number of benzene rings is 2. The van der Waals surface area contributed by atoms with Crippen molar-refractivity contribution in [2.75, 3.05) is 23.1 Å². The first-order valence-electron chi connectivity index (χ1n) is 8.31. The number of carbonyl (C=O) groups excluding carboxylic acids is 1. The highest BCUT2D eigenvalue weighted by Crippen LogP contribution is 2.28. The lowest BCUT2D eigenvalue weighted by molar-refractivity contribution is 0.222. The number of hydrogen-bond donors (Lipinski definition) is 2. The van der Waals surface area contributed by atoms with E-state index in [1.807, 2.05) is 0 Å². The second-order valence-corrected chi connectivity index (χ2v) is 8.20. The van der Waals surface area contributed by atoms with Crippen molar-refractivity contribution in [3.05, 3.63) is 53.1 Å². The molecule has 1 fully saturated rings. The van der Waals surface area contributed by atoms with E-state index in [-0.39, 0.29) is 10.9 Å². The van der Waals surface area contributed by atoms with Crippen molar-refractivity contribution in [1.29, 1.82) is 0 Å². The molecule has 0 bridgehead atoms. The van der Waals surface area contributed by atoms with E-state index in [0.717, 1.165) is 12.8 Å². The Kier molecular flexibility index (Phi) is 5.38. The second kappa shape index (κ2) is 7.55. The maximum atomic E-state index is 12.8. The fraction of sp³-hybridized carbons (Fsp3) is 0.278. The van der Waals surface area contributed by atoms with Crippen molar-refractivity contribution in [2.45, 2.75) is 24.7 Å². The Morgan fingerprint density at radius 1 is 1.04 bits per heavy atom. The lowest BCUT2D eigenvalue weighted by Crippen LogP contribution is -2.32. The van der Waals surface area contributed by atoms with Crippen LogP contribution in [0.25, 0.3) is 0 Å². The minimum atomic E-state index is -3.84. The van der Waals surface area contributed by atoms with Gasteiger partial charge in [-0.05, 0) is 49.6 Å². The van der Waals surface area contributed by atoms with Gasteiger partial charge in [-0.1, -0.05) is 29.8 Å². The number of rotatable bonds is 4. The summed E-state index contributed by atoms with van der Waals surface area (Å²) in [6, 6.07) is 11.2. The van der Waals surface area contributed by atoms with Crippen LogP contribution in [-0.2, 0) is 10.0 Å². The van der Waals surface area contributed by atoms with Crippen molar-refractivity contribution in [2.24, 2.45) is 0 Å². The van der Waals surface area contributed by atoms with Gasteiger partial charge in [0.1, 0.15) is 0 Å². The molecule has 0 saturated carbocycles. The molecule has 0 aliphatic carbocycles. The summed E-state index contributed by atoms with van der Waals surface area (Å²) >= 11 is 6.04. The number of hydrogen-bond acceptors (Lipinski definition) is 3. The molecule has 1 heterocycles. The summed E-state index contributed by atoms with van der Waals surface area (Å²) in [5.74, 6) is 0. The van der Waals surface area contributed by atoms with Gasteiger partial charge in [-0.25, -0.2) is 13.2 Å². The highest BCUT2D eigenvalue weighted by atomic mass is 35.5. The van der Waals surface area contributed by atoms with Crippen molar-refractivity contribution in [1.82, 2.24) is 4.90 Å². The number of sulfonamides is 1. The van der Waals surface area contributed by atoms with E-state index in [0.29, 0.717) is 35.1 Å². The smallest absolute Gasteiger partial charge is 0.321 e. The van der Waals surface area contributed by atoms with Crippen molar-refractivity contribution in [3.8, 4) is 0 Å². The molecular weight excluding hydrogens is 374 g/mol. The molecule has 0 atom stereocenters. The second-order valence-electron chi connectivity index (χ2n) is 6.14. The van der Waals surface area contributed by atoms with Gasteiger partial charge in [0.05, 0.1) is 16.3 Å². The Labute approximate surface area is 158 Å². The van der Waals surface area contributed by atoms with Crippen molar-refractivity contribution < 1.29 is 13.2 Å². The zero-order valence-corrected chi connectivity index (χ0v) is 15.9. The molecule has 2 aromatic rings. The molecule has 2 amide bonds. The number of para-hydroxylation sites is 2. The fourth-order valence-electron chi connectivity index (χ4n) is 2.87. The van der Waals surface area contributed by atoms with E-state index in [2.05, 4.69) is 10.0 Å². The largest absolute Gasteiger partial charge is 0.325 e. The molecule has 3 rings (SSSR count). The normalized spacial score (nSPS) is 14.3. The van der Waals surface area contributed by atoms with Gasteiger partial charge in [0, 0.05) is 18.1 Å². The maximum absolute atomic E-state index is 12.8. The number of urea groups is 1. The van der Waals surface area contributed by atoms with Gasteiger partial charge < -0.3 is 10.2 Å². The number of amides is 2. The number of nitrogens with one attached hydrogen (secondary N) is 2. The third-order valence-corrected chi connectivity index (χ3v) is 6.23. The molecule has 2 aromatic carbocycles. The van der Waals surface area contributed by atoms with Gasteiger partial charge in [0.15, 0.2) is 0 Å². The van der Waals surface area contributed by atoms with Gasteiger partial charge >= 0.3 is 6.03 Å². The summed E-state index contributed by atoms with van der Waals surface area (Å²) in [6.45, 7) is 3.07. The van der Waals surface area contributed by atoms with Crippen molar-refractivity contribution in [3.63, 3.8) is 0 Å². The minimum absolute atomic E-state index is 0.102. The minimum Gasteiger partial charge on any atom is -0.325 e. The monoisotopic (exact) mass is 393 g/mol. The molecule has 0 unspecified atom stereocenters. The van der Waals surface area contributed by atoms with E-state index in [9.17, 15) is 13.2 Å². The van der Waals surface area contributed by atoms with Crippen LogP contribution >= 0.6 is 11.6 Å². The van der Waals surface area contributed by atoms with Gasteiger partial charge in [-0.2, -0.15) is 0 Å². The van der Waals surface area contributed by atoms with E-state index in [4.69, 9.17) is 11.6 Å². The molecule has 8 heteroatoms. The van der Waals surface area contributed by atoms with E-state index >= 15 is 0 Å². The molecule has 0 spiro atoms. The number of halogens is 1. The number of anilines is 2. The van der Waals surface area contributed by atoms with E-state index in [1.165, 1.54) is 6.07 Å². The Hall–Kier alpha value is -2.25. The number of likely N-dealkylation sites (tertiary alicyclic amines) is 1. The third-order valence-electron chi connectivity index (χ3n) is 4.31. The first-order valence-corrected chi connectivity index (χ1v) is 10.2. The molecule has 138 valence electrons. The third kappa shape index (κ3) is 3.94. The fourth-order valence-corrected chi connectivity index (χ4v) is 4.45. The molecule has 1 aliphatic rings. The predicted molar refractivity (Wildman–Crippen MR) is 103 cm³/mol. The maximum Gasteiger partial charge on any atom is 0.321 e. The Morgan fingerprint density at radius 3 is 2.38 bits per heavy atom. The van der Waals surface area contributed by atoms with Crippen LogP contribution in [-0.4, -0.2) is 32.4 Å². The van der Waals surface area contributed by atoms with Gasteiger partial charge in [0.25, 0.3) is 10.0 Å². The molecule has 0 aromatic heterocycles. The van der Waals surface area contributed by atoms with Crippen LogP contribution in [0.15, 0.2) is 47.4 Å². The molecule has 1 saturated heterocycles. The zero-order chi connectivity index (χ0) is 18.7. The van der Waals surface area contributed by atoms with E-state index < -0.39 is 10.0 Å². The molecule has 0 radical (unpaired) electrons. The standard InChI is InChI=1S/C18H20ClN3O3S/c1-13-14(19)7-6-10-17(13)26(24,25)21-16-9-3-2-8-15(16)20-18(23)22-11-4-5-12-22/h2-3,6-10,21H,4-5,11-12H2,1H3,(H,20,23). The summed E-state index contributed by atoms with van der Waals surface area (Å²) in [7, 11) is -3.84. The van der Waals surface area contributed by atoms with Crippen LogP contribution in [0.5, 0.6) is 0 Å².